The van der Waals surface area contributed by atoms with E-state index in [1.807, 2.05) is 60.7 Å². The monoisotopic (exact) mass is 430 g/mol. The molecule has 0 radical (unpaired) electrons. The number of hydrogen-bond acceptors (Lipinski definition) is 3. The van der Waals surface area contributed by atoms with Crippen LogP contribution in [-0.2, 0) is 6.61 Å². The van der Waals surface area contributed by atoms with Crippen molar-refractivity contribution in [2.45, 2.75) is 38.3 Å². The summed E-state index contributed by atoms with van der Waals surface area (Å²) in [6.07, 6.45) is 4.34. The molecular formula is C26H23ClN2O2. The summed E-state index contributed by atoms with van der Waals surface area (Å²) < 4.78 is 6.24. The molecule has 3 aromatic carbocycles. The second-order valence-electron chi connectivity index (χ2n) is 8.02. The number of rotatable bonds is 5. The number of nitrogens with one attached hydrogen (secondary N) is 1. The molecule has 0 aliphatic heterocycles. The molecule has 1 saturated carbocycles. The smallest absolute Gasteiger partial charge is 0.255 e. The Labute approximate surface area is 186 Å². The highest BCUT2D eigenvalue weighted by Crippen LogP contribution is 2.36. The molecule has 5 rings (SSSR count). The van der Waals surface area contributed by atoms with Crippen LogP contribution in [0.2, 0.25) is 5.02 Å². The van der Waals surface area contributed by atoms with E-state index in [0.29, 0.717) is 16.3 Å². The van der Waals surface area contributed by atoms with Crippen molar-refractivity contribution in [3.63, 3.8) is 0 Å². The van der Waals surface area contributed by atoms with E-state index in [1.54, 1.807) is 6.07 Å². The molecule has 0 unspecified atom stereocenters. The van der Waals surface area contributed by atoms with Crippen molar-refractivity contribution in [2.75, 3.05) is 0 Å². The third-order valence-electron chi connectivity index (χ3n) is 5.90. The maximum Gasteiger partial charge on any atom is 0.255 e. The summed E-state index contributed by atoms with van der Waals surface area (Å²) >= 11 is 6.53. The molecule has 5 heteroatoms. The Morgan fingerprint density at radius 1 is 1.00 bits per heavy atom. The number of para-hydroxylation sites is 1. The van der Waals surface area contributed by atoms with Gasteiger partial charge >= 0.3 is 0 Å². The minimum Gasteiger partial charge on any atom is -0.486 e. The summed E-state index contributed by atoms with van der Waals surface area (Å²) in [5.74, 6) is 0.409. The first-order valence-electron chi connectivity index (χ1n) is 10.7. The van der Waals surface area contributed by atoms with Gasteiger partial charge in [-0.05, 0) is 31.0 Å². The lowest BCUT2D eigenvalue weighted by Crippen LogP contribution is -2.32. The lowest BCUT2D eigenvalue weighted by atomic mass is 10.0. The first-order valence-corrected chi connectivity index (χ1v) is 11.1. The largest absolute Gasteiger partial charge is 0.486 e. The predicted molar refractivity (Wildman–Crippen MR) is 125 cm³/mol. The van der Waals surface area contributed by atoms with Crippen molar-refractivity contribution in [3.8, 4) is 5.75 Å². The third kappa shape index (κ3) is 4.08. The highest BCUT2D eigenvalue weighted by atomic mass is 35.5. The molecule has 1 aliphatic rings. The van der Waals surface area contributed by atoms with Gasteiger partial charge in [-0.25, -0.2) is 4.98 Å². The van der Waals surface area contributed by atoms with Crippen LogP contribution in [0.5, 0.6) is 5.75 Å². The molecule has 1 amide bonds. The van der Waals surface area contributed by atoms with Crippen molar-refractivity contribution in [3.05, 3.63) is 83.0 Å². The van der Waals surface area contributed by atoms with Crippen molar-refractivity contribution >= 4 is 39.2 Å². The van der Waals surface area contributed by atoms with Crippen LogP contribution in [0.3, 0.4) is 0 Å². The number of ether oxygens (including phenoxy) is 1. The number of carbonyl (C=O) groups is 1. The van der Waals surface area contributed by atoms with Crippen molar-refractivity contribution in [2.24, 2.45) is 0 Å². The Morgan fingerprint density at radius 3 is 2.58 bits per heavy atom. The van der Waals surface area contributed by atoms with Crippen LogP contribution in [0, 0.1) is 0 Å². The topological polar surface area (TPSA) is 51.2 Å². The normalized spacial score (nSPS) is 14.2. The Hall–Kier alpha value is -3.11. The molecular weight excluding hydrogens is 408 g/mol. The summed E-state index contributed by atoms with van der Waals surface area (Å²) in [7, 11) is 0. The number of nitrogens with zero attached hydrogens (tertiary/aromatic N) is 1. The number of pyridine rings is 1. The molecule has 156 valence electrons. The quantitative estimate of drug-likeness (QED) is 0.404. The first kappa shape index (κ1) is 19.8. The number of amides is 1. The number of benzene rings is 3. The highest BCUT2D eigenvalue weighted by molar-refractivity contribution is 6.36. The summed E-state index contributed by atoms with van der Waals surface area (Å²) in [6.45, 7) is 0.264. The zero-order valence-corrected chi connectivity index (χ0v) is 17.9. The second kappa shape index (κ2) is 8.56. The highest BCUT2D eigenvalue weighted by Gasteiger charge is 2.23. The van der Waals surface area contributed by atoms with Gasteiger partial charge in [-0.1, -0.05) is 73.0 Å². The second-order valence-corrected chi connectivity index (χ2v) is 8.43. The summed E-state index contributed by atoms with van der Waals surface area (Å²) in [6, 6.07) is 21.7. The third-order valence-corrected chi connectivity index (χ3v) is 6.21. The molecule has 4 nitrogen and oxygen atoms in total. The molecule has 4 aromatic rings. The molecule has 0 atom stereocenters. The molecule has 31 heavy (non-hydrogen) atoms. The standard InChI is InChI=1S/C26H23ClN2O2/c27-23-15-22(26(30)29-18-8-2-3-9-18)25(21-11-5-4-10-20(21)23)31-16-19-14-13-17-7-1-6-12-24(17)28-19/h1,4-7,10-15,18H,2-3,8-9,16H2,(H,29,30). The van der Waals surface area contributed by atoms with Crippen LogP contribution < -0.4 is 10.1 Å². The average Bonchev–Trinajstić information content (AvgIpc) is 3.31. The Kier molecular flexibility index (Phi) is 5.47. The molecule has 1 N–H and O–H groups in total. The Bertz CT molecular complexity index is 1260. The molecule has 1 heterocycles. The summed E-state index contributed by atoms with van der Waals surface area (Å²) in [5.41, 5.74) is 2.19. The summed E-state index contributed by atoms with van der Waals surface area (Å²) in [5, 5.41) is 6.47. The van der Waals surface area contributed by atoms with Gasteiger partial charge in [0.25, 0.3) is 5.91 Å². The van der Waals surface area contributed by atoms with E-state index in [0.717, 1.165) is 53.1 Å². The van der Waals surface area contributed by atoms with Crippen molar-refractivity contribution in [1.82, 2.24) is 10.3 Å². The van der Waals surface area contributed by atoms with Gasteiger partial charge in [-0.2, -0.15) is 0 Å². The number of halogens is 1. The van der Waals surface area contributed by atoms with E-state index in [-0.39, 0.29) is 18.6 Å². The average molecular weight is 431 g/mol. The fraction of sp³-hybridized carbons (Fsp3) is 0.231. The van der Waals surface area contributed by atoms with E-state index in [4.69, 9.17) is 21.3 Å². The first-order chi connectivity index (χ1) is 15.2. The lowest BCUT2D eigenvalue weighted by Gasteiger charge is -2.18. The van der Waals surface area contributed by atoms with E-state index < -0.39 is 0 Å². The molecule has 1 aromatic heterocycles. The number of carbonyl (C=O) groups excluding carboxylic acids is 1. The SMILES string of the molecule is O=C(NC1CCCC1)c1cc(Cl)c2ccccc2c1OCc1ccc2ccccc2n1. The number of fused-ring (bicyclic) bond motifs is 2. The van der Waals surface area contributed by atoms with E-state index in [2.05, 4.69) is 5.32 Å². The van der Waals surface area contributed by atoms with Gasteiger partial charge < -0.3 is 10.1 Å². The minimum absolute atomic E-state index is 0.138. The van der Waals surface area contributed by atoms with Crippen LogP contribution in [0.1, 0.15) is 41.7 Å². The van der Waals surface area contributed by atoms with Gasteiger partial charge in [0.2, 0.25) is 0 Å². The minimum atomic E-state index is -0.138. The van der Waals surface area contributed by atoms with Gasteiger partial charge in [0.1, 0.15) is 12.4 Å². The zero-order valence-electron chi connectivity index (χ0n) is 17.1. The molecule has 1 aliphatic carbocycles. The molecule has 1 fully saturated rings. The zero-order chi connectivity index (χ0) is 21.2. The van der Waals surface area contributed by atoms with E-state index >= 15 is 0 Å². The van der Waals surface area contributed by atoms with Crippen molar-refractivity contribution in [1.29, 1.82) is 0 Å². The van der Waals surface area contributed by atoms with Crippen LogP contribution in [0.4, 0.5) is 0 Å². The molecule has 0 bridgehead atoms. The fourth-order valence-corrected chi connectivity index (χ4v) is 4.57. The Balaban J connectivity index is 1.50. The van der Waals surface area contributed by atoms with Gasteiger partial charge in [-0.15, -0.1) is 0 Å². The fourth-order valence-electron chi connectivity index (χ4n) is 4.30. The van der Waals surface area contributed by atoms with Gasteiger partial charge in [0.15, 0.2) is 0 Å². The lowest BCUT2D eigenvalue weighted by molar-refractivity contribution is 0.0933. The van der Waals surface area contributed by atoms with Gasteiger partial charge in [0, 0.05) is 27.2 Å². The number of aromatic nitrogens is 1. The van der Waals surface area contributed by atoms with Crippen molar-refractivity contribution < 1.29 is 9.53 Å². The van der Waals surface area contributed by atoms with E-state index in [9.17, 15) is 4.79 Å². The number of hydrogen-bond donors (Lipinski definition) is 1. The summed E-state index contributed by atoms with van der Waals surface area (Å²) in [4.78, 5) is 17.8. The maximum atomic E-state index is 13.1. The predicted octanol–water partition coefficient (Wildman–Crippen LogP) is 6.29. The van der Waals surface area contributed by atoms with Crippen LogP contribution in [0.25, 0.3) is 21.7 Å². The Morgan fingerprint density at radius 2 is 1.74 bits per heavy atom. The maximum absolute atomic E-state index is 13.1. The van der Waals surface area contributed by atoms with Crippen LogP contribution in [-0.4, -0.2) is 16.9 Å². The van der Waals surface area contributed by atoms with Crippen LogP contribution >= 0.6 is 11.6 Å². The van der Waals surface area contributed by atoms with Gasteiger partial charge in [0.05, 0.1) is 16.8 Å². The van der Waals surface area contributed by atoms with E-state index in [1.165, 1.54) is 0 Å². The van der Waals surface area contributed by atoms with Gasteiger partial charge in [-0.3, -0.25) is 4.79 Å². The molecule has 0 spiro atoms. The molecule has 0 saturated heterocycles. The van der Waals surface area contributed by atoms with Crippen LogP contribution in [0.15, 0.2) is 66.7 Å².